The van der Waals surface area contributed by atoms with Gasteiger partial charge in [-0.15, -0.1) is 0 Å². The van der Waals surface area contributed by atoms with Crippen LogP contribution in [0.1, 0.15) is 13.3 Å². The quantitative estimate of drug-likeness (QED) is 0.442. The largest absolute Gasteiger partial charge is 0.396 e. The van der Waals surface area contributed by atoms with Crippen LogP contribution in [0.15, 0.2) is 4.99 Å². The minimum absolute atomic E-state index is 0.248. The van der Waals surface area contributed by atoms with E-state index in [0.29, 0.717) is 17.8 Å². The first-order valence-corrected chi connectivity index (χ1v) is 4.75. The average Bonchev–Trinajstić information content (AvgIpc) is 2.15. The van der Waals surface area contributed by atoms with E-state index in [9.17, 15) is 0 Å². The van der Waals surface area contributed by atoms with Crippen LogP contribution in [0.2, 0.25) is 0 Å². The molecule has 2 unspecified atom stereocenters. The molecule has 0 saturated carbocycles. The highest BCUT2D eigenvalue weighted by atomic mass is 16.3. The Bertz CT molecular complexity index is 193. The Morgan fingerprint density at radius 3 is 2.85 bits per heavy atom. The fraction of sp³-hybridized carbons (Fsp3) is 0.889. The standard InChI is InChI=1S/C9H19N3O/c1-7-3-8(6-13)5-12(4-7)9(10)11-2/h7-8,13H,3-6H2,1-2H3,(H2,10,11). The van der Waals surface area contributed by atoms with Gasteiger partial charge in [-0.25, -0.2) is 0 Å². The predicted octanol–water partition coefficient (Wildman–Crippen LogP) is -0.119. The average molecular weight is 185 g/mol. The van der Waals surface area contributed by atoms with E-state index in [0.717, 1.165) is 19.5 Å². The van der Waals surface area contributed by atoms with E-state index in [1.807, 2.05) is 0 Å². The van der Waals surface area contributed by atoms with Gasteiger partial charge in [0.2, 0.25) is 0 Å². The summed E-state index contributed by atoms with van der Waals surface area (Å²) in [6.45, 7) is 4.22. The normalized spacial score (nSPS) is 30.7. The molecule has 3 N–H and O–H groups in total. The van der Waals surface area contributed by atoms with Crippen molar-refractivity contribution in [3.63, 3.8) is 0 Å². The third-order valence-electron chi connectivity index (χ3n) is 2.56. The van der Waals surface area contributed by atoms with Gasteiger partial charge in [0.25, 0.3) is 0 Å². The maximum Gasteiger partial charge on any atom is 0.190 e. The first-order valence-electron chi connectivity index (χ1n) is 4.75. The van der Waals surface area contributed by atoms with Crippen LogP contribution >= 0.6 is 0 Å². The van der Waals surface area contributed by atoms with Crippen molar-refractivity contribution in [2.45, 2.75) is 13.3 Å². The van der Waals surface area contributed by atoms with Crippen molar-refractivity contribution in [1.82, 2.24) is 4.90 Å². The van der Waals surface area contributed by atoms with Crippen molar-refractivity contribution < 1.29 is 5.11 Å². The smallest absolute Gasteiger partial charge is 0.190 e. The van der Waals surface area contributed by atoms with E-state index in [1.54, 1.807) is 7.05 Å². The van der Waals surface area contributed by atoms with Gasteiger partial charge in [0.05, 0.1) is 0 Å². The lowest BCUT2D eigenvalue weighted by atomic mass is 9.91. The summed E-state index contributed by atoms with van der Waals surface area (Å²) in [5.74, 6) is 1.53. The summed E-state index contributed by atoms with van der Waals surface area (Å²) < 4.78 is 0. The number of nitrogens with zero attached hydrogens (tertiary/aromatic N) is 2. The van der Waals surface area contributed by atoms with Gasteiger partial charge >= 0.3 is 0 Å². The molecule has 4 nitrogen and oxygen atoms in total. The number of piperidine rings is 1. The van der Waals surface area contributed by atoms with Gasteiger partial charge in [0.15, 0.2) is 5.96 Å². The lowest BCUT2D eigenvalue weighted by molar-refractivity contribution is 0.131. The first-order chi connectivity index (χ1) is 6.17. The Kier molecular flexibility index (Phi) is 3.54. The molecule has 1 saturated heterocycles. The van der Waals surface area contributed by atoms with Crippen molar-refractivity contribution >= 4 is 5.96 Å². The predicted molar refractivity (Wildman–Crippen MR) is 53.5 cm³/mol. The Balaban J connectivity index is 2.56. The first kappa shape index (κ1) is 10.3. The number of rotatable bonds is 1. The Morgan fingerprint density at radius 1 is 1.62 bits per heavy atom. The molecule has 2 atom stereocenters. The second-order valence-electron chi connectivity index (χ2n) is 3.88. The molecule has 0 aliphatic carbocycles. The summed E-state index contributed by atoms with van der Waals surface area (Å²) in [4.78, 5) is 6.00. The van der Waals surface area contributed by atoms with Gasteiger partial charge in [-0.05, 0) is 18.3 Å². The molecule has 1 rings (SSSR count). The summed E-state index contributed by atoms with van der Waals surface area (Å²) in [5.41, 5.74) is 5.72. The minimum Gasteiger partial charge on any atom is -0.396 e. The molecule has 1 aliphatic heterocycles. The van der Waals surface area contributed by atoms with E-state index in [4.69, 9.17) is 10.8 Å². The van der Waals surface area contributed by atoms with Crippen LogP contribution < -0.4 is 5.73 Å². The molecule has 0 radical (unpaired) electrons. The maximum absolute atomic E-state index is 9.07. The number of aliphatic imine (C=N–C) groups is 1. The van der Waals surface area contributed by atoms with Gasteiger partial charge in [0, 0.05) is 26.7 Å². The van der Waals surface area contributed by atoms with Gasteiger partial charge < -0.3 is 15.7 Å². The number of guanidine groups is 1. The Hall–Kier alpha value is -0.770. The molecule has 1 heterocycles. The van der Waals surface area contributed by atoms with Gasteiger partial charge in [-0.2, -0.15) is 0 Å². The highest BCUT2D eigenvalue weighted by molar-refractivity contribution is 5.78. The molecule has 0 amide bonds. The van der Waals surface area contributed by atoms with Crippen LogP contribution in [0.4, 0.5) is 0 Å². The summed E-state index contributed by atoms with van der Waals surface area (Å²) in [5, 5.41) is 9.07. The van der Waals surface area contributed by atoms with Crippen molar-refractivity contribution in [2.75, 3.05) is 26.7 Å². The van der Waals surface area contributed by atoms with Crippen molar-refractivity contribution in [1.29, 1.82) is 0 Å². The zero-order valence-corrected chi connectivity index (χ0v) is 8.40. The van der Waals surface area contributed by atoms with E-state index < -0.39 is 0 Å². The molecule has 0 aromatic carbocycles. The number of aliphatic hydroxyl groups is 1. The molecule has 0 aromatic rings. The Labute approximate surface area is 79.4 Å². The second-order valence-corrected chi connectivity index (χ2v) is 3.88. The van der Waals surface area contributed by atoms with E-state index in [-0.39, 0.29) is 6.61 Å². The topological polar surface area (TPSA) is 61.8 Å². The third kappa shape index (κ3) is 2.59. The number of hydrogen-bond acceptors (Lipinski definition) is 2. The number of hydrogen-bond donors (Lipinski definition) is 2. The molecule has 4 heteroatoms. The molecule has 0 spiro atoms. The summed E-state index contributed by atoms with van der Waals surface area (Å²) >= 11 is 0. The zero-order valence-electron chi connectivity index (χ0n) is 8.40. The van der Waals surface area contributed by atoms with Crippen LogP contribution in [-0.4, -0.2) is 42.7 Å². The van der Waals surface area contributed by atoms with Crippen LogP contribution in [0, 0.1) is 11.8 Å². The molecule has 0 aromatic heterocycles. The van der Waals surface area contributed by atoms with Gasteiger partial charge in [-0.3, -0.25) is 4.99 Å². The van der Waals surface area contributed by atoms with Crippen molar-refractivity contribution in [3.8, 4) is 0 Å². The van der Waals surface area contributed by atoms with E-state index in [1.165, 1.54) is 0 Å². The maximum atomic E-state index is 9.07. The van der Waals surface area contributed by atoms with Crippen LogP contribution in [0.5, 0.6) is 0 Å². The Morgan fingerprint density at radius 2 is 2.31 bits per heavy atom. The third-order valence-corrected chi connectivity index (χ3v) is 2.56. The lowest BCUT2D eigenvalue weighted by Gasteiger charge is -2.36. The van der Waals surface area contributed by atoms with Crippen molar-refractivity contribution in [2.24, 2.45) is 22.6 Å². The monoisotopic (exact) mass is 185 g/mol. The summed E-state index contributed by atoms with van der Waals surface area (Å²) in [6, 6.07) is 0. The van der Waals surface area contributed by atoms with E-state index in [2.05, 4.69) is 16.8 Å². The lowest BCUT2D eigenvalue weighted by Crippen LogP contribution is -2.47. The summed E-state index contributed by atoms with van der Waals surface area (Å²) in [7, 11) is 1.70. The summed E-state index contributed by atoms with van der Waals surface area (Å²) in [6.07, 6.45) is 1.09. The zero-order chi connectivity index (χ0) is 9.84. The number of aliphatic hydroxyl groups excluding tert-OH is 1. The minimum atomic E-state index is 0.248. The molecular formula is C9H19N3O. The SMILES string of the molecule is CN=C(N)N1CC(C)CC(CO)C1. The van der Waals surface area contributed by atoms with Crippen LogP contribution in [0.3, 0.4) is 0 Å². The molecular weight excluding hydrogens is 166 g/mol. The second kappa shape index (κ2) is 4.46. The van der Waals surface area contributed by atoms with Crippen LogP contribution in [0.25, 0.3) is 0 Å². The number of nitrogens with two attached hydrogens (primary N) is 1. The van der Waals surface area contributed by atoms with E-state index >= 15 is 0 Å². The van der Waals surface area contributed by atoms with Crippen molar-refractivity contribution in [3.05, 3.63) is 0 Å². The van der Waals surface area contributed by atoms with Gasteiger partial charge in [0.1, 0.15) is 0 Å². The molecule has 76 valence electrons. The molecule has 0 bridgehead atoms. The van der Waals surface area contributed by atoms with Gasteiger partial charge in [-0.1, -0.05) is 6.92 Å². The number of likely N-dealkylation sites (tertiary alicyclic amines) is 1. The molecule has 13 heavy (non-hydrogen) atoms. The fourth-order valence-corrected chi connectivity index (χ4v) is 1.94. The highest BCUT2D eigenvalue weighted by Crippen LogP contribution is 2.20. The highest BCUT2D eigenvalue weighted by Gasteiger charge is 2.24. The van der Waals surface area contributed by atoms with Crippen LogP contribution in [-0.2, 0) is 0 Å². The fourth-order valence-electron chi connectivity index (χ4n) is 1.94. The molecule has 1 aliphatic rings. The molecule has 1 fully saturated rings.